The number of ether oxygens (including phenoxy) is 1. The molecule has 2 heteroatoms. The van der Waals surface area contributed by atoms with Crippen LogP contribution in [0.1, 0.15) is 52.4 Å². The molecule has 0 saturated heterocycles. The van der Waals surface area contributed by atoms with E-state index in [9.17, 15) is 0 Å². The SMILES string of the molecule is CCCNCC1CCCCCC1C(C)COC. The van der Waals surface area contributed by atoms with Crippen LogP contribution in [0.2, 0.25) is 0 Å². The summed E-state index contributed by atoms with van der Waals surface area (Å²) in [4.78, 5) is 0. The van der Waals surface area contributed by atoms with Crippen LogP contribution in [0, 0.1) is 17.8 Å². The topological polar surface area (TPSA) is 21.3 Å². The summed E-state index contributed by atoms with van der Waals surface area (Å²) in [6, 6.07) is 0. The van der Waals surface area contributed by atoms with Crippen molar-refractivity contribution in [2.75, 3.05) is 26.8 Å². The third-order valence-electron chi connectivity index (χ3n) is 4.21. The van der Waals surface area contributed by atoms with Crippen LogP contribution in [0.4, 0.5) is 0 Å². The lowest BCUT2D eigenvalue weighted by atomic mass is 9.79. The molecule has 1 rings (SSSR count). The number of nitrogens with one attached hydrogen (secondary N) is 1. The second-order valence-electron chi connectivity index (χ2n) is 5.70. The zero-order valence-corrected chi connectivity index (χ0v) is 12.0. The Morgan fingerprint density at radius 1 is 1.24 bits per heavy atom. The predicted molar refractivity (Wildman–Crippen MR) is 74.3 cm³/mol. The molecule has 0 aliphatic heterocycles. The molecule has 0 bridgehead atoms. The summed E-state index contributed by atoms with van der Waals surface area (Å²) < 4.78 is 5.35. The van der Waals surface area contributed by atoms with E-state index in [1.165, 1.54) is 51.6 Å². The summed E-state index contributed by atoms with van der Waals surface area (Å²) in [5.41, 5.74) is 0. The normalized spacial score (nSPS) is 27.7. The number of hydrogen-bond donors (Lipinski definition) is 1. The van der Waals surface area contributed by atoms with Crippen LogP contribution in [-0.4, -0.2) is 26.8 Å². The van der Waals surface area contributed by atoms with Crippen molar-refractivity contribution in [3.05, 3.63) is 0 Å². The molecule has 3 unspecified atom stereocenters. The highest BCUT2D eigenvalue weighted by molar-refractivity contribution is 4.79. The van der Waals surface area contributed by atoms with Crippen molar-refractivity contribution < 1.29 is 4.74 Å². The fourth-order valence-electron chi connectivity index (χ4n) is 3.27. The smallest absolute Gasteiger partial charge is 0.0490 e. The Kier molecular flexibility index (Phi) is 7.87. The van der Waals surface area contributed by atoms with Crippen LogP contribution < -0.4 is 5.32 Å². The quantitative estimate of drug-likeness (QED) is 0.544. The molecule has 0 spiro atoms. The lowest BCUT2D eigenvalue weighted by Gasteiger charge is -2.30. The molecular formula is C15H31NO. The van der Waals surface area contributed by atoms with Gasteiger partial charge in [-0.15, -0.1) is 0 Å². The van der Waals surface area contributed by atoms with Crippen LogP contribution in [0.25, 0.3) is 0 Å². The lowest BCUT2D eigenvalue weighted by molar-refractivity contribution is 0.101. The fourth-order valence-corrected chi connectivity index (χ4v) is 3.27. The Hall–Kier alpha value is -0.0800. The Morgan fingerprint density at radius 3 is 2.71 bits per heavy atom. The van der Waals surface area contributed by atoms with E-state index in [0.717, 1.165) is 18.4 Å². The third kappa shape index (κ3) is 5.39. The molecule has 1 fully saturated rings. The molecule has 1 aliphatic rings. The molecule has 0 aromatic rings. The van der Waals surface area contributed by atoms with Crippen molar-refractivity contribution in [2.24, 2.45) is 17.8 Å². The molecule has 102 valence electrons. The van der Waals surface area contributed by atoms with Crippen molar-refractivity contribution in [3.8, 4) is 0 Å². The monoisotopic (exact) mass is 241 g/mol. The lowest BCUT2D eigenvalue weighted by Crippen LogP contribution is -2.32. The van der Waals surface area contributed by atoms with E-state index in [4.69, 9.17) is 4.74 Å². The maximum atomic E-state index is 5.35. The minimum Gasteiger partial charge on any atom is -0.384 e. The predicted octanol–water partition coefficient (Wildman–Crippen LogP) is 3.47. The zero-order valence-electron chi connectivity index (χ0n) is 12.0. The van der Waals surface area contributed by atoms with E-state index in [2.05, 4.69) is 19.2 Å². The number of rotatable bonds is 7. The molecule has 0 aromatic heterocycles. The summed E-state index contributed by atoms with van der Waals surface area (Å²) in [6.07, 6.45) is 8.33. The molecule has 3 atom stereocenters. The maximum absolute atomic E-state index is 5.35. The zero-order chi connectivity index (χ0) is 12.5. The van der Waals surface area contributed by atoms with Gasteiger partial charge in [-0.2, -0.15) is 0 Å². The van der Waals surface area contributed by atoms with E-state index in [-0.39, 0.29) is 0 Å². The van der Waals surface area contributed by atoms with Crippen LogP contribution in [-0.2, 0) is 4.74 Å². The number of hydrogen-bond acceptors (Lipinski definition) is 2. The Morgan fingerprint density at radius 2 is 2.00 bits per heavy atom. The molecule has 2 nitrogen and oxygen atoms in total. The highest BCUT2D eigenvalue weighted by atomic mass is 16.5. The third-order valence-corrected chi connectivity index (χ3v) is 4.21. The first-order valence-corrected chi connectivity index (χ1v) is 7.49. The summed E-state index contributed by atoms with van der Waals surface area (Å²) in [5, 5.41) is 3.62. The van der Waals surface area contributed by atoms with Crippen molar-refractivity contribution in [2.45, 2.75) is 52.4 Å². The van der Waals surface area contributed by atoms with Gasteiger partial charge in [-0.3, -0.25) is 0 Å². The largest absolute Gasteiger partial charge is 0.384 e. The Labute approximate surface area is 108 Å². The Balaban J connectivity index is 2.46. The molecule has 0 heterocycles. The summed E-state index contributed by atoms with van der Waals surface area (Å²) in [7, 11) is 1.83. The molecule has 17 heavy (non-hydrogen) atoms. The van der Waals surface area contributed by atoms with Crippen molar-refractivity contribution in [3.63, 3.8) is 0 Å². The van der Waals surface area contributed by atoms with Gasteiger partial charge in [0, 0.05) is 13.7 Å². The van der Waals surface area contributed by atoms with Gasteiger partial charge in [-0.05, 0) is 50.1 Å². The van der Waals surface area contributed by atoms with Crippen molar-refractivity contribution >= 4 is 0 Å². The van der Waals surface area contributed by atoms with Crippen molar-refractivity contribution in [1.29, 1.82) is 0 Å². The molecule has 1 aliphatic carbocycles. The summed E-state index contributed by atoms with van der Waals surface area (Å²) in [6.45, 7) is 7.92. The van der Waals surface area contributed by atoms with Crippen LogP contribution in [0.15, 0.2) is 0 Å². The van der Waals surface area contributed by atoms with Gasteiger partial charge < -0.3 is 10.1 Å². The van der Waals surface area contributed by atoms with Gasteiger partial charge in [0.2, 0.25) is 0 Å². The van der Waals surface area contributed by atoms with Gasteiger partial charge in [0.1, 0.15) is 0 Å². The summed E-state index contributed by atoms with van der Waals surface area (Å²) in [5.74, 6) is 2.45. The summed E-state index contributed by atoms with van der Waals surface area (Å²) >= 11 is 0. The highest BCUT2D eigenvalue weighted by Gasteiger charge is 2.27. The van der Waals surface area contributed by atoms with Crippen LogP contribution in [0.5, 0.6) is 0 Å². The second kappa shape index (κ2) is 8.93. The van der Waals surface area contributed by atoms with Gasteiger partial charge in [0.15, 0.2) is 0 Å². The molecule has 0 radical (unpaired) electrons. The first-order chi connectivity index (χ1) is 8.29. The van der Waals surface area contributed by atoms with E-state index in [1.54, 1.807) is 0 Å². The number of methoxy groups -OCH3 is 1. The highest BCUT2D eigenvalue weighted by Crippen LogP contribution is 2.33. The second-order valence-corrected chi connectivity index (χ2v) is 5.70. The minimum absolute atomic E-state index is 0.714. The van der Waals surface area contributed by atoms with E-state index in [1.807, 2.05) is 7.11 Å². The molecule has 0 aromatic carbocycles. The first-order valence-electron chi connectivity index (χ1n) is 7.49. The van der Waals surface area contributed by atoms with E-state index in [0.29, 0.717) is 5.92 Å². The van der Waals surface area contributed by atoms with Gasteiger partial charge in [-0.25, -0.2) is 0 Å². The average Bonchev–Trinajstić information content (AvgIpc) is 2.55. The van der Waals surface area contributed by atoms with Crippen molar-refractivity contribution in [1.82, 2.24) is 5.32 Å². The molecule has 0 amide bonds. The molecule has 1 saturated carbocycles. The first kappa shape index (κ1) is 15.0. The van der Waals surface area contributed by atoms with Gasteiger partial charge in [0.05, 0.1) is 0 Å². The standard InChI is InChI=1S/C15H31NO/c1-4-10-16-11-14-8-6-5-7-9-15(14)13(2)12-17-3/h13-16H,4-12H2,1-3H3. The van der Waals surface area contributed by atoms with Gasteiger partial charge in [0.25, 0.3) is 0 Å². The molecular weight excluding hydrogens is 210 g/mol. The van der Waals surface area contributed by atoms with Gasteiger partial charge in [-0.1, -0.05) is 33.1 Å². The van der Waals surface area contributed by atoms with E-state index < -0.39 is 0 Å². The Bertz CT molecular complexity index is 184. The maximum Gasteiger partial charge on any atom is 0.0490 e. The van der Waals surface area contributed by atoms with E-state index >= 15 is 0 Å². The van der Waals surface area contributed by atoms with Gasteiger partial charge >= 0.3 is 0 Å². The average molecular weight is 241 g/mol. The minimum atomic E-state index is 0.714. The van der Waals surface area contributed by atoms with Crippen LogP contribution >= 0.6 is 0 Å². The fraction of sp³-hybridized carbons (Fsp3) is 1.00. The van der Waals surface area contributed by atoms with Crippen LogP contribution in [0.3, 0.4) is 0 Å². The molecule has 1 N–H and O–H groups in total.